The monoisotopic (exact) mass is 588 g/mol. The molecule has 3 aromatic heterocycles. The van der Waals surface area contributed by atoms with Crippen LogP contribution >= 0.6 is 0 Å². The van der Waals surface area contributed by atoms with Crippen LogP contribution in [0.2, 0.25) is 14.8 Å². The molecule has 0 saturated carbocycles. The number of fused-ring (bicyclic) bond motifs is 1. The van der Waals surface area contributed by atoms with Crippen LogP contribution in [-0.4, -0.2) is 56.7 Å². The van der Waals surface area contributed by atoms with E-state index in [1.807, 2.05) is 18.4 Å². The van der Waals surface area contributed by atoms with Crippen molar-refractivity contribution in [2.45, 2.75) is 54.9 Å². The van der Waals surface area contributed by atoms with Crippen molar-refractivity contribution >= 4 is 24.3 Å². The normalized spacial score (nSPS) is 11.9. The van der Waals surface area contributed by atoms with Crippen molar-refractivity contribution in [3.8, 4) is 22.5 Å². The van der Waals surface area contributed by atoms with Gasteiger partial charge in [-0.3, -0.25) is 0 Å². The molecule has 5 rings (SSSR count). The van der Waals surface area contributed by atoms with E-state index >= 15 is 0 Å². The molecule has 0 amide bonds. The summed E-state index contributed by atoms with van der Waals surface area (Å²) in [6.45, 7) is 6.11. The molecule has 0 radical (unpaired) electrons. The maximum atomic E-state index is 4.88. The van der Waals surface area contributed by atoms with Crippen LogP contribution in [0.25, 0.3) is 28.2 Å². The third-order valence-electron chi connectivity index (χ3n) is 6.34. The molecule has 0 atom stereocenters. The van der Waals surface area contributed by atoms with Crippen LogP contribution in [-0.2, 0) is 12.8 Å². The van der Waals surface area contributed by atoms with Crippen molar-refractivity contribution in [3.05, 3.63) is 77.0 Å². The van der Waals surface area contributed by atoms with Gasteiger partial charge in [0.25, 0.3) is 0 Å². The van der Waals surface area contributed by atoms with Crippen molar-refractivity contribution in [1.29, 1.82) is 0 Å². The first kappa shape index (κ1) is 24.5. The van der Waals surface area contributed by atoms with E-state index in [1.54, 1.807) is 0 Å². The van der Waals surface area contributed by atoms with Crippen LogP contribution in [0, 0.1) is 13.8 Å². The maximum absolute atomic E-state index is 4.88. The van der Waals surface area contributed by atoms with Crippen LogP contribution in [0.5, 0.6) is 0 Å². The summed E-state index contributed by atoms with van der Waals surface area (Å²) in [6.07, 6.45) is 2.73. The second-order valence-corrected chi connectivity index (χ2v) is 23.8. The Morgan fingerprint density at radius 3 is 2.31 bits per heavy atom. The summed E-state index contributed by atoms with van der Waals surface area (Å²) in [6, 6.07) is 17.2. The standard InChI is InChI=1S/C24H23N8.3CH3.Sn/c1-4-7-22-21(24-25-15(2)29-32(24)16(3)26-22)14-17-10-12-18(13-11-17)19-8-5-6-9-20(19)23-27-30-31-28-23;;;;/h5-6,8-13H,4,7,14H2,1-3H3;3*1H3;/q-1;;;;+1. The van der Waals surface area contributed by atoms with E-state index in [1.165, 1.54) is 5.56 Å². The van der Waals surface area contributed by atoms with Gasteiger partial charge in [-0.2, -0.15) is 0 Å². The molecule has 3 heterocycles. The number of benzene rings is 2. The topological polar surface area (TPSA) is 86.7 Å². The summed E-state index contributed by atoms with van der Waals surface area (Å²) in [4.78, 5) is 16.6. The van der Waals surface area contributed by atoms with E-state index in [0.717, 1.165) is 70.3 Å². The van der Waals surface area contributed by atoms with Gasteiger partial charge in [-0.25, -0.2) is 0 Å². The molecule has 0 aliphatic carbocycles. The van der Waals surface area contributed by atoms with E-state index < -0.39 is 18.7 Å². The quantitative estimate of drug-likeness (QED) is 0.241. The summed E-state index contributed by atoms with van der Waals surface area (Å²) in [7, 11) is 0. The number of nitrogens with zero attached hydrogens (tertiary/aromatic N) is 8. The van der Waals surface area contributed by atoms with Gasteiger partial charge >= 0.3 is 173 Å². The fourth-order valence-corrected chi connectivity index (χ4v) is 7.81. The van der Waals surface area contributed by atoms with Crippen molar-refractivity contribution in [2.75, 3.05) is 0 Å². The van der Waals surface area contributed by atoms with Gasteiger partial charge in [-0.15, -0.1) is 5.10 Å². The number of hydrogen-bond donors (Lipinski definition) is 0. The average molecular weight is 587 g/mol. The zero-order valence-electron chi connectivity index (χ0n) is 21.8. The number of aryl methyl sites for hydroxylation is 3. The molecule has 2 aromatic carbocycles. The summed E-state index contributed by atoms with van der Waals surface area (Å²) in [5.41, 5.74) is 7.76. The number of hydrogen-bond acceptors (Lipinski definition) is 6. The van der Waals surface area contributed by atoms with Crippen molar-refractivity contribution in [1.82, 2.24) is 38.0 Å². The molecular weight excluding hydrogens is 555 g/mol. The van der Waals surface area contributed by atoms with E-state index in [0.29, 0.717) is 0 Å². The van der Waals surface area contributed by atoms with Crippen LogP contribution in [0.4, 0.5) is 0 Å². The van der Waals surface area contributed by atoms with Gasteiger partial charge in [0.15, 0.2) is 0 Å². The van der Waals surface area contributed by atoms with Crippen molar-refractivity contribution in [2.24, 2.45) is 0 Å². The predicted molar refractivity (Wildman–Crippen MR) is 144 cm³/mol. The van der Waals surface area contributed by atoms with Crippen LogP contribution in [0.15, 0.2) is 48.5 Å². The number of aromatic nitrogens is 8. The Labute approximate surface area is 216 Å². The van der Waals surface area contributed by atoms with Gasteiger partial charge in [-0.1, -0.05) is 13.3 Å². The SMILES string of the molecule is CCCc1nc(C)n2nc(C)nc2c1Cc1ccc(-c2ccccc2-c2nnn[n]2[Sn]([CH3])([CH3])[CH3])cc1. The first-order valence-electron chi connectivity index (χ1n) is 12.5. The van der Waals surface area contributed by atoms with E-state index in [2.05, 4.69) is 93.8 Å². The molecule has 0 N–H and O–H groups in total. The third-order valence-corrected chi connectivity index (χ3v) is 10.8. The van der Waals surface area contributed by atoms with Crippen LogP contribution in [0.3, 0.4) is 0 Å². The minimum atomic E-state index is -2.55. The van der Waals surface area contributed by atoms with Crippen LogP contribution in [0.1, 0.15) is 41.8 Å². The first-order chi connectivity index (χ1) is 17.3. The molecule has 0 aliphatic heterocycles. The Bertz CT molecular complexity index is 1530. The molecule has 0 spiro atoms. The number of rotatable bonds is 7. The molecule has 9 heteroatoms. The third kappa shape index (κ3) is 4.66. The molecule has 0 unspecified atom stereocenters. The molecule has 0 aliphatic rings. The minimum absolute atomic E-state index is 0.767. The molecule has 184 valence electrons. The molecule has 36 heavy (non-hydrogen) atoms. The molecule has 8 nitrogen and oxygen atoms in total. The molecule has 0 fully saturated rings. The molecule has 0 saturated heterocycles. The first-order valence-corrected chi connectivity index (χ1v) is 22.3. The fraction of sp³-hybridized carbons (Fsp3) is 0.333. The Morgan fingerprint density at radius 1 is 0.889 bits per heavy atom. The van der Waals surface area contributed by atoms with E-state index in [4.69, 9.17) is 9.97 Å². The Kier molecular flexibility index (Phi) is 6.63. The Balaban J connectivity index is 1.52. The van der Waals surface area contributed by atoms with Gasteiger partial charge in [0.1, 0.15) is 11.6 Å². The van der Waals surface area contributed by atoms with Crippen molar-refractivity contribution in [3.63, 3.8) is 0 Å². The van der Waals surface area contributed by atoms with Crippen LogP contribution < -0.4 is 0 Å². The second-order valence-electron chi connectivity index (χ2n) is 10.2. The van der Waals surface area contributed by atoms with Gasteiger partial charge in [0, 0.05) is 0 Å². The number of tetrazole rings is 1. The summed E-state index contributed by atoms with van der Waals surface area (Å²) >= 11 is -2.55. The van der Waals surface area contributed by atoms with Gasteiger partial charge < -0.3 is 0 Å². The van der Waals surface area contributed by atoms with Crippen molar-refractivity contribution < 1.29 is 0 Å². The molecule has 0 bridgehead atoms. The summed E-state index contributed by atoms with van der Waals surface area (Å²) in [5, 5.41) is 17.3. The van der Waals surface area contributed by atoms with Gasteiger partial charge in [-0.05, 0) is 13.8 Å². The summed E-state index contributed by atoms with van der Waals surface area (Å²) < 4.78 is 3.96. The average Bonchev–Trinajstić information content (AvgIpc) is 3.50. The van der Waals surface area contributed by atoms with E-state index in [9.17, 15) is 0 Å². The fourth-order valence-electron chi connectivity index (χ4n) is 4.64. The zero-order valence-corrected chi connectivity index (χ0v) is 24.7. The Morgan fingerprint density at radius 2 is 1.61 bits per heavy atom. The molecule has 5 aromatic rings. The zero-order chi connectivity index (χ0) is 25.4. The van der Waals surface area contributed by atoms with E-state index in [-0.39, 0.29) is 0 Å². The molecular formula is C27H32N8Sn. The Hall–Kier alpha value is -3.14. The van der Waals surface area contributed by atoms with Gasteiger partial charge in [0.2, 0.25) is 0 Å². The predicted octanol–water partition coefficient (Wildman–Crippen LogP) is 5.29. The van der Waals surface area contributed by atoms with Gasteiger partial charge in [0.05, 0.1) is 0 Å². The second kappa shape index (κ2) is 9.72. The summed E-state index contributed by atoms with van der Waals surface area (Å²) in [5.74, 6) is 2.51.